The van der Waals surface area contributed by atoms with Crippen LogP contribution in [0.3, 0.4) is 0 Å². The second-order valence-corrected chi connectivity index (χ2v) is 4.26. The fourth-order valence-electron chi connectivity index (χ4n) is 1.46. The molecule has 2 aromatic rings. The smallest absolute Gasteiger partial charge is 0.123 e. The van der Waals surface area contributed by atoms with E-state index in [1.54, 1.807) is 24.3 Å². The van der Waals surface area contributed by atoms with Gasteiger partial charge in [0.25, 0.3) is 0 Å². The zero-order valence-corrected chi connectivity index (χ0v) is 10.6. The van der Waals surface area contributed by atoms with E-state index in [4.69, 9.17) is 11.6 Å². The summed E-state index contributed by atoms with van der Waals surface area (Å²) in [4.78, 5) is 0. The predicted molar refractivity (Wildman–Crippen MR) is 73.7 cm³/mol. The van der Waals surface area contributed by atoms with Crippen LogP contribution in [-0.4, -0.2) is 5.71 Å². The molecule has 0 aliphatic heterocycles. The Bertz CT molecular complexity index is 564. The third kappa shape index (κ3) is 3.31. The quantitative estimate of drug-likeness (QED) is 0.647. The topological polar surface area (TPSA) is 24.4 Å². The molecule has 1 N–H and O–H groups in total. The van der Waals surface area contributed by atoms with Crippen LogP contribution in [0.4, 0.5) is 10.1 Å². The summed E-state index contributed by atoms with van der Waals surface area (Å²) >= 11 is 5.86. The van der Waals surface area contributed by atoms with Crippen LogP contribution in [0.5, 0.6) is 0 Å². The van der Waals surface area contributed by atoms with Crippen LogP contribution in [-0.2, 0) is 0 Å². The summed E-state index contributed by atoms with van der Waals surface area (Å²) in [5.74, 6) is -0.255. The van der Waals surface area contributed by atoms with Crippen LogP contribution in [0.15, 0.2) is 53.6 Å². The molecule has 0 unspecified atom stereocenters. The molecule has 2 nitrogen and oxygen atoms in total. The van der Waals surface area contributed by atoms with E-state index in [1.807, 2.05) is 19.1 Å². The van der Waals surface area contributed by atoms with Crippen molar-refractivity contribution in [2.45, 2.75) is 6.92 Å². The van der Waals surface area contributed by atoms with Gasteiger partial charge in [-0.3, -0.25) is 5.43 Å². The van der Waals surface area contributed by atoms with Gasteiger partial charge in [0.15, 0.2) is 0 Å². The molecule has 0 saturated heterocycles. The van der Waals surface area contributed by atoms with Crippen LogP contribution in [0.1, 0.15) is 12.5 Å². The van der Waals surface area contributed by atoms with Crippen LogP contribution in [0.2, 0.25) is 5.02 Å². The first-order valence-corrected chi connectivity index (χ1v) is 5.85. The molecule has 0 spiro atoms. The van der Waals surface area contributed by atoms with E-state index in [9.17, 15) is 4.39 Å². The Labute approximate surface area is 110 Å². The highest BCUT2D eigenvalue weighted by Gasteiger charge is 1.98. The van der Waals surface area contributed by atoms with Crippen LogP contribution >= 0.6 is 11.6 Å². The highest BCUT2D eigenvalue weighted by Crippen LogP contribution is 2.15. The number of rotatable bonds is 3. The highest BCUT2D eigenvalue weighted by molar-refractivity contribution is 6.30. The van der Waals surface area contributed by atoms with Crippen LogP contribution in [0, 0.1) is 5.82 Å². The summed E-state index contributed by atoms with van der Waals surface area (Å²) in [5, 5.41) is 4.87. The van der Waals surface area contributed by atoms with Gasteiger partial charge >= 0.3 is 0 Å². The molecule has 0 aliphatic carbocycles. The van der Waals surface area contributed by atoms with Gasteiger partial charge < -0.3 is 0 Å². The number of anilines is 1. The summed E-state index contributed by atoms with van der Waals surface area (Å²) in [7, 11) is 0. The van der Waals surface area contributed by atoms with E-state index in [-0.39, 0.29) is 5.82 Å². The van der Waals surface area contributed by atoms with E-state index in [1.165, 1.54) is 12.1 Å². The normalized spacial score (nSPS) is 11.4. The van der Waals surface area contributed by atoms with Gasteiger partial charge in [-0.15, -0.1) is 0 Å². The van der Waals surface area contributed by atoms with E-state index in [0.29, 0.717) is 5.02 Å². The lowest BCUT2D eigenvalue weighted by Gasteiger charge is -2.04. The highest BCUT2D eigenvalue weighted by atomic mass is 35.5. The first-order valence-electron chi connectivity index (χ1n) is 5.47. The van der Waals surface area contributed by atoms with Gasteiger partial charge in [-0.2, -0.15) is 5.10 Å². The van der Waals surface area contributed by atoms with Crippen molar-refractivity contribution in [1.29, 1.82) is 0 Å². The maximum absolute atomic E-state index is 12.8. The molecule has 0 amide bonds. The molecule has 0 saturated carbocycles. The summed E-state index contributed by atoms with van der Waals surface area (Å²) in [6.45, 7) is 1.85. The van der Waals surface area contributed by atoms with Gasteiger partial charge in [0, 0.05) is 5.02 Å². The van der Waals surface area contributed by atoms with E-state index in [2.05, 4.69) is 10.5 Å². The second-order valence-electron chi connectivity index (χ2n) is 3.83. The Morgan fingerprint density at radius 3 is 2.56 bits per heavy atom. The van der Waals surface area contributed by atoms with E-state index < -0.39 is 0 Å². The molecule has 0 aromatic heterocycles. The lowest BCUT2D eigenvalue weighted by Crippen LogP contribution is -1.99. The minimum absolute atomic E-state index is 0.255. The Kier molecular flexibility index (Phi) is 3.95. The lowest BCUT2D eigenvalue weighted by molar-refractivity contribution is 0.628. The number of hydrogen-bond acceptors (Lipinski definition) is 2. The van der Waals surface area contributed by atoms with Crippen molar-refractivity contribution in [1.82, 2.24) is 0 Å². The minimum atomic E-state index is -0.255. The molecule has 18 heavy (non-hydrogen) atoms. The van der Waals surface area contributed by atoms with Crippen molar-refractivity contribution in [2.75, 3.05) is 5.43 Å². The van der Waals surface area contributed by atoms with Crippen LogP contribution in [0.25, 0.3) is 0 Å². The van der Waals surface area contributed by atoms with Gasteiger partial charge in [0.05, 0.1) is 11.4 Å². The van der Waals surface area contributed by atoms with E-state index >= 15 is 0 Å². The monoisotopic (exact) mass is 262 g/mol. The fourth-order valence-corrected chi connectivity index (χ4v) is 1.65. The standard InChI is InChI=1S/C14H12ClFN2/c1-10(11-5-7-13(16)8-6-11)17-18-14-4-2-3-12(15)9-14/h2-9,18H,1H3/b17-10-. The summed E-state index contributed by atoms with van der Waals surface area (Å²) in [5.41, 5.74) is 5.36. The third-order valence-corrected chi connectivity index (χ3v) is 2.67. The summed E-state index contributed by atoms with van der Waals surface area (Å²) in [6.07, 6.45) is 0. The molecule has 92 valence electrons. The van der Waals surface area contributed by atoms with Crippen molar-refractivity contribution in [3.8, 4) is 0 Å². The zero-order valence-electron chi connectivity index (χ0n) is 9.82. The third-order valence-electron chi connectivity index (χ3n) is 2.44. The molecule has 0 radical (unpaired) electrons. The lowest BCUT2D eigenvalue weighted by atomic mass is 10.1. The average molecular weight is 263 g/mol. The predicted octanol–water partition coefficient (Wildman–Crippen LogP) is 4.32. The molecule has 0 atom stereocenters. The molecule has 0 fully saturated rings. The van der Waals surface area contributed by atoms with Crippen molar-refractivity contribution < 1.29 is 4.39 Å². The van der Waals surface area contributed by atoms with Gasteiger partial charge in [-0.25, -0.2) is 4.39 Å². The summed E-state index contributed by atoms with van der Waals surface area (Å²) in [6, 6.07) is 13.5. The Hall–Kier alpha value is -1.87. The summed E-state index contributed by atoms with van der Waals surface area (Å²) < 4.78 is 12.8. The molecule has 2 rings (SSSR count). The number of hydrazone groups is 1. The number of halogens is 2. The van der Waals surface area contributed by atoms with Gasteiger partial charge in [0.2, 0.25) is 0 Å². The van der Waals surface area contributed by atoms with Crippen molar-refractivity contribution in [3.05, 3.63) is 64.9 Å². The number of hydrogen-bond donors (Lipinski definition) is 1. The maximum Gasteiger partial charge on any atom is 0.123 e. The largest absolute Gasteiger partial charge is 0.278 e. The molecule has 4 heteroatoms. The maximum atomic E-state index is 12.8. The van der Waals surface area contributed by atoms with Gasteiger partial charge in [-0.1, -0.05) is 29.8 Å². The first-order chi connectivity index (χ1) is 8.65. The molecular weight excluding hydrogens is 251 g/mol. The molecular formula is C14H12ClFN2. The Balaban J connectivity index is 2.11. The molecule has 0 heterocycles. The molecule has 0 bridgehead atoms. The van der Waals surface area contributed by atoms with E-state index in [0.717, 1.165) is 17.0 Å². The first kappa shape index (κ1) is 12.6. The molecule has 2 aromatic carbocycles. The number of nitrogens with one attached hydrogen (secondary N) is 1. The van der Waals surface area contributed by atoms with Crippen LogP contribution < -0.4 is 5.43 Å². The van der Waals surface area contributed by atoms with Crippen molar-refractivity contribution >= 4 is 23.0 Å². The fraction of sp³-hybridized carbons (Fsp3) is 0.0714. The zero-order chi connectivity index (χ0) is 13.0. The number of benzene rings is 2. The Morgan fingerprint density at radius 2 is 1.89 bits per heavy atom. The van der Waals surface area contributed by atoms with Gasteiger partial charge in [0.1, 0.15) is 5.82 Å². The average Bonchev–Trinajstić information content (AvgIpc) is 2.37. The SMILES string of the molecule is C/C(=N/Nc1cccc(Cl)c1)c1ccc(F)cc1. The molecule has 0 aliphatic rings. The number of nitrogens with zero attached hydrogens (tertiary/aromatic N) is 1. The van der Waals surface area contributed by atoms with Gasteiger partial charge in [-0.05, 0) is 42.8 Å². The Morgan fingerprint density at radius 1 is 1.17 bits per heavy atom. The second kappa shape index (κ2) is 5.65. The van der Waals surface area contributed by atoms with Crippen molar-refractivity contribution in [3.63, 3.8) is 0 Å². The van der Waals surface area contributed by atoms with Crippen molar-refractivity contribution in [2.24, 2.45) is 5.10 Å². The minimum Gasteiger partial charge on any atom is -0.278 e.